The van der Waals surface area contributed by atoms with E-state index in [1.165, 1.54) is 16.8 Å². The van der Waals surface area contributed by atoms with E-state index in [4.69, 9.17) is 5.26 Å². The summed E-state index contributed by atoms with van der Waals surface area (Å²) in [7, 11) is 0. The fraction of sp³-hybridized carbons (Fsp3) is 0. The molecule has 0 radical (unpaired) electrons. The number of anilines is 2. The van der Waals surface area contributed by atoms with E-state index in [9.17, 15) is 10.1 Å². The van der Waals surface area contributed by atoms with Crippen LogP contribution in [0.25, 0.3) is 10.1 Å². The molecule has 0 amide bonds. The van der Waals surface area contributed by atoms with Gasteiger partial charge in [-0.2, -0.15) is 5.26 Å². The van der Waals surface area contributed by atoms with Gasteiger partial charge in [-0.3, -0.25) is 10.1 Å². The van der Waals surface area contributed by atoms with Crippen molar-refractivity contribution in [2.45, 2.75) is 0 Å². The number of nitrogens with one attached hydrogen (secondary N) is 1. The fourth-order valence-electron chi connectivity index (χ4n) is 2.07. The summed E-state index contributed by atoms with van der Waals surface area (Å²) in [6, 6.07) is 14.2. The van der Waals surface area contributed by atoms with Crippen molar-refractivity contribution in [3.8, 4) is 6.07 Å². The van der Waals surface area contributed by atoms with Gasteiger partial charge >= 0.3 is 0 Å². The number of nitro groups is 1. The SMILES string of the molecule is N#Cc1cc(Nc2ccc3sccc3c2)ccc1[N+](=O)[O-]. The topological polar surface area (TPSA) is 79.0 Å². The molecule has 2 aromatic carbocycles. The van der Waals surface area contributed by atoms with Crippen LogP contribution in [0.5, 0.6) is 0 Å². The van der Waals surface area contributed by atoms with Gasteiger partial charge < -0.3 is 5.32 Å². The van der Waals surface area contributed by atoms with E-state index in [1.54, 1.807) is 17.4 Å². The van der Waals surface area contributed by atoms with Gasteiger partial charge in [0.05, 0.1) is 4.92 Å². The summed E-state index contributed by atoms with van der Waals surface area (Å²) in [6.45, 7) is 0. The van der Waals surface area contributed by atoms with Crippen LogP contribution in [0.15, 0.2) is 47.8 Å². The molecule has 6 heteroatoms. The Hall–Kier alpha value is -2.91. The van der Waals surface area contributed by atoms with Crippen molar-refractivity contribution in [3.63, 3.8) is 0 Å². The highest BCUT2D eigenvalue weighted by Crippen LogP contribution is 2.28. The molecule has 0 aliphatic carbocycles. The highest BCUT2D eigenvalue weighted by atomic mass is 32.1. The van der Waals surface area contributed by atoms with Crippen LogP contribution in [-0.4, -0.2) is 4.92 Å². The Bertz CT molecular complexity index is 880. The monoisotopic (exact) mass is 295 g/mol. The lowest BCUT2D eigenvalue weighted by Crippen LogP contribution is -1.95. The summed E-state index contributed by atoms with van der Waals surface area (Å²) in [5.41, 5.74) is 1.38. The normalized spacial score (nSPS) is 10.2. The number of nitro benzene ring substituents is 1. The zero-order valence-electron chi connectivity index (χ0n) is 10.7. The van der Waals surface area contributed by atoms with E-state index in [0.29, 0.717) is 5.69 Å². The van der Waals surface area contributed by atoms with Crippen molar-refractivity contribution >= 4 is 38.5 Å². The smallest absolute Gasteiger partial charge is 0.287 e. The molecule has 0 fully saturated rings. The highest BCUT2D eigenvalue weighted by Gasteiger charge is 2.13. The third-order valence-corrected chi connectivity index (χ3v) is 3.95. The predicted octanol–water partition coefficient (Wildman–Crippen LogP) is 4.42. The maximum absolute atomic E-state index is 10.8. The summed E-state index contributed by atoms with van der Waals surface area (Å²) < 4.78 is 1.20. The summed E-state index contributed by atoms with van der Waals surface area (Å²) in [6.07, 6.45) is 0. The Morgan fingerprint density at radius 3 is 2.67 bits per heavy atom. The first-order valence-corrected chi connectivity index (χ1v) is 6.98. The summed E-state index contributed by atoms with van der Waals surface area (Å²) in [5.74, 6) is 0. The predicted molar refractivity (Wildman–Crippen MR) is 82.9 cm³/mol. The minimum Gasteiger partial charge on any atom is -0.355 e. The van der Waals surface area contributed by atoms with Crippen LogP contribution in [0, 0.1) is 21.4 Å². The molecule has 3 aromatic rings. The Balaban J connectivity index is 1.94. The summed E-state index contributed by atoms with van der Waals surface area (Å²) >= 11 is 1.67. The molecule has 21 heavy (non-hydrogen) atoms. The third kappa shape index (κ3) is 2.55. The van der Waals surface area contributed by atoms with Gasteiger partial charge in [0.15, 0.2) is 0 Å². The van der Waals surface area contributed by atoms with Crippen molar-refractivity contribution in [2.24, 2.45) is 0 Å². The number of hydrogen-bond donors (Lipinski definition) is 1. The molecular formula is C15H9N3O2S. The Morgan fingerprint density at radius 2 is 1.90 bits per heavy atom. The van der Waals surface area contributed by atoms with Gasteiger partial charge in [-0.15, -0.1) is 11.3 Å². The number of fused-ring (bicyclic) bond motifs is 1. The number of rotatable bonds is 3. The van der Waals surface area contributed by atoms with Gasteiger partial charge in [0.25, 0.3) is 5.69 Å². The van der Waals surface area contributed by atoms with E-state index < -0.39 is 4.92 Å². The van der Waals surface area contributed by atoms with E-state index in [1.807, 2.05) is 35.7 Å². The van der Waals surface area contributed by atoms with Crippen molar-refractivity contribution < 1.29 is 4.92 Å². The Morgan fingerprint density at radius 1 is 1.14 bits per heavy atom. The molecule has 0 atom stereocenters. The van der Waals surface area contributed by atoms with Crippen molar-refractivity contribution in [3.05, 3.63) is 63.5 Å². The maximum atomic E-state index is 10.8. The number of nitriles is 1. The molecule has 0 spiro atoms. The van der Waals surface area contributed by atoms with E-state index in [-0.39, 0.29) is 11.3 Å². The fourth-order valence-corrected chi connectivity index (χ4v) is 2.84. The lowest BCUT2D eigenvalue weighted by Gasteiger charge is -2.07. The van der Waals surface area contributed by atoms with Crippen LogP contribution < -0.4 is 5.32 Å². The first-order chi connectivity index (χ1) is 10.2. The van der Waals surface area contributed by atoms with Crippen LogP contribution in [-0.2, 0) is 0 Å². The first kappa shape index (κ1) is 13.1. The van der Waals surface area contributed by atoms with Crippen LogP contribution >= 0.6 is 11.3 Å². The molecular weight excluding hydrogens is 286 g/mol. The molecule has 1 N–H and O–H groups in total. The third-order valence-electron chi connectivity index (χ3n) is 3.05. The van der Waals surface area contributed by atoms with Crippen LogP contribution in [0.2, 0.25) is 0 Å². The molecule has 102 valence electrons. The molecule has 0 saturated carbocycles. The van der Waals surface area contributed by atoms with Crippen molar-refractivity contribution in [1.29, 1.82) is 5.26 Å². The van der Waals surface area contributed by atoms with Gasteiger partial charge in [0.1, 0.15) is 11.6 Å². The second kappa shape index (κ2) is 5.23. The van der Waals surface area contributed by atoms with E-state index in [0.717, 1.165) is 11.1 Å². The molecule has 5 nitrogen and oxygen atoms in total. The number of thiophene rings is 1. The van der Waals surface area contributed by atoms with Crippen molar-refractivity contribution in [2.75, 3.05) is 5.32 Å². The van der Waals surface area contributed by atoms with Gasteiger partial charge in [-0.1, -0.05) is 0 Å². The Labute approximate surface area is 124 Å². The standard InChI is InChI=1S/C15H9N3O2S/c16-9-11-8-12(1-3-14(11)18(19)20)17-13-2-4-15-10(7-13)5-6-21-15/h1-8,17H. The lowest BCUT2D eigenvalue weighted by molar-refractivity contribution is -0.385. The maximum Gasteiger partial charge on any atom is 0.287 e. The molecule has 0 bridgehead atoms. The van der Waals surface area contributed by atoms with Crippen molar-refractivity contribution in [1.82, 2.24) is 0 Å². The van der Waals surface area contributed by atoms with E-state index in [2.05, 4.69) is 5.32 Å². The summed E-state index contributed by atoms with van der Waals surface area (Å²) in [4.78, 5) is 10.2. The zero-order chi connectivity index (χ0) is 14.8. The second-order valence-electron chi connectivity index (χ2n) is 4.40. The van der Waals surface area contributed by atoms with Crippen LogP contribution in [0.1, 0.15) is 5.56 Å². The molecule has 1 aromatic heterocycles. The Kier molecular flexibility index (Phi) is 3.26. The average molecular weight is 295 g/mol. The molecule has 0 aliphatic heterocycles. The minimum atomic E-state index is -0.556. The van der Waals surface area contributed by atoms with Crippen LogP contribution in [0.3, 0.4) is 0 Å². The molecule has 1 heterocycles. The molecule has 3 rings (SSSR count). The molecule has 0 saturated heterocycles. The zero-order valence-corrected chi connectivity index (χ0v) is 11.6. The minimum absolute atomic E-state index is 0.0432. The number of nitrogens with zero attached hydrogens (tertiary/aromatic N) is 2. The van der Waals surface area contributed by atoms with Gasteiger partial charge in [-0.05, 0) is 47.2 Å². The highest BCUT2D eigenvalue weighted by molar-refractivity contribution is 7.17. The first-order valence-electron chi connectivity index (χ1n) is 6.10. The van der Waals surface area contributed by atoms with Crippen LogP contribution in [0.4, 0.5) is 17.1 Å². The second-order valence-corrected chi connectivity index (χ2v) is 5.35. The number of benzene rings is 2. The van der Waals surface area contributed by atoms with Gasteiger partial charge in [0.2, 0.25) is 0 Å². The molecule has 0 aliphatic rings. The number of hydrogen-bond acceptors (Lipinski definition) is 5. The van der Waals surface area contributed by atoms with E-state index >= 15 is 0 Å². The van der Waals surface area contributed by atoms with Gasteiger partial charge in [0, 0.05) is 22.1 Å². The largest absolute Gasteiger partial charge is 0.355 e. The quantitative estimate of drug-likeness (QED) is 0.573. The lowest BCUT2D eigenvalue weighted by atomic mass is 10.1. The molecule has 0 unspecified atom stereocenters. The summed E-state index contributed by atoms with van der Waals surface area (Å²) in [5, 5.41) is 26.1. The van der Waals surface area contributed by atoms with Gasteiger partial charge in [-0.25, -0.2) is 0 Å². The average Bonchev–Trinajstić information content (AvgIpc) is 2.94.